The number of carbonyl (C=O) groups excluding carboxylic acids is 2. The summed E-state index contributed by atoms with van der Waals surface area (Å²) in [6, 6.07) is 21.6. The van der Waals surface area contributed by atoms with Crippen LogP contribution in [0.5, 0.6) is 23.0 Å². The summed E-state index contributed by atoms with van der Waals surface area (Å²) in [4.78, 5) is 30.4. The Morgan fingerprint density at radius 3 is 0.903 bits per heavy atom. The highest BCUT2D eigenvalue weighted by Crippen LogP contribution is 2.42. The molecule has 0 aliphatic carbocycles. The summed E-state index contributed by atoms with van der Waals surface area (Å²) in [6.07, 6.45) is -1.53. The number of amides is 2. The molecular weight excluding hydrogens is 909 g/mol. The maximum absolute atomic E-state index is 13.6. The van der Waals surface area contributed by atoms with E-state index in [1.54, 1.807) is 9.80 Å². The fraction of sp³-hybridized carbons (Fsp3) is 0.467. The van der Waals surface area contributed by atoms with Crippen LogP contribution in [0.25, 0.3) is 0 Å². The Morgan fingerprint density at radius 2 is 0.653 bits per heavy atom. The normalized spacial score (nSPS) is 19.6. The van der Waals surface area contributed by atoms with Crippen molar-refractivity contribution < 1.29 is 47.5 Å². The maximum Gasteiger partial charge on any atom is 0.414 e. The van der Waals surface area contributed by atoms with Gasteiger partial charge in [-0.25, -0.2) is 9.59 Å². The number of nitrogens with zero attached hydrogens (tertiary/aromatic N) is 2. The Labute approximate surface area is 425 Å². The van der Waals surface area contributed by atoms with Gasteiger partial charge in [0.25, 0.3) is 0 Å². The van der Waals surface area contributed by atoms with Gasteiger partial charge in [0.1, 0.15) is 61.6 Å². The summed E-state index contributed by atoms with van der Waals surface area (Å²) in [5.41, 5.74) is 15.8. The highest BCUT2D eigenvalue weighted by Gasteiger charge is 2.38. The third-order valence-corrected chi connectivity index (χ3v) is 15.0. The second-order valence-electron chi connectivity index (χ2n) is 21.8. The number of hydrogen-bond acceptors (Lipinski definition) is 10. The van der Waals surface area contributed by atoms with Gasteiger partial charge in [-0.2, -0.15) is 0 Å². The number of cyclic esters (lactones) is 2. The Bertz CT molecular complexity index is 2650. The van der Waals surface area contributed by atoms with Crippen LogP contribution in [0.4, 0.5) is 21.0 Å². The van der Waals surface area contributed by atoms with E-state index < -0.39 is 24.4 Å². The molecule has 4 heterocycles. The number of rotatable bonds is 18. The van der Waals surface area contributed by atoms with Crippen molar-refractivity contribution in [3.05, 3.63) is 139 Å². The van der Waals surface area contributed by atoms with Crippen molar-refractivity contribution in [1.29, 1.82) is 0 Å². The lowest BCUT2D eigenvalue weighted by Crippen LogP contribution is -2.29. The van der Waals surface area contributed by atoms with Gasteiger partial charge < -0.3 is 37.9 Å². The van der Waals surface area contributed by atoms with E-state index in [2.05, 4.69) is 132 Å². The number of carbonyl (C=O) groups is 2. The number of benzene rings is 5. The lowest BCUT2D eigenvalue weighted by molar-refractivity contribution is 0.104. The summed E-state index contributed by atoms with van der Waals surface area (Å²) in [7, 11) is 0. The molecule has 4 unspecified atom stereocenters. The van der Waals surface area contributed by atoms with Gasteiger partial charge in [0.2, 0.25) is 0 Å². The zero-order valence-electron chi connectivity index (χ0n) is 44.7. The smallest absolute Gasteiger partial charge is 0.414 e. The molecule has 0 radical (unpaired) electrons. The predicted molar refractivity (Wildman–Crippen MR) is 281 cm³/mol. The monoisotopic (exact) mass is 981 g/mol. The minimum absolute atomic E-state index is 0.190. The predicted octanol–water partition coefficient (Wildman–Crippen LogP) is 11.8. The first kappa shape index (κ1) is 50.7. The molecule has 0 bridgehead atoms. The van der Waals surface area contributed by atoms with Crippen LogP contribution in [0.2, 0.25) is 0 Å². The van der Waals surface area contributed by atoms with E-state index >= 15 is 0 Å². The molecule has 4 saturated heterocycles. The van der Waals surface area contributed by atoms with Crippen LogP contribution in [0.1, 0.15) is 106 Å². The van der Waals surface area contributed by atoms with Crippen molar-refractivity contribution in [1.82, 2.24) is 0 Å². The molecule has 0 N–H and O–H groups in total. The highest BCUT2D eigenvalue weighted by molar-refractivity contribution is 5.95. The van der Waals surface area contributed by atoms with Gasteiger partial charge in [-0.1, -0.05) is 82.3 Å². The van der Waals surface area contributed by atoms with E-state index in [-0.39, 0.29) is 36.3 Å². The largest absolute Gasteiger partial charge is 0.490 e. The van der Waals surface area contributed by atoms with Crippen molar-refractivity contribution in [3.8, 4) is 23.0 Å². The van der Waals surface area contributed by atoms with Gasteiger partial charge in [-0.05, 0) is 153 Å². The molecule has 5 aromatic carbocycles. The summed E-state index contributed by atoms with van der Waals surface area (Å²) in [6.45, 7) is 33.2. The minimum Gasteiger partial charge on any atom is -0.490 e. The lowest BCUT2D eigenvalue weighted by atomic mass is 9.76. The van der Waals surface area contributed by atoms with Crippen LogP contribution >= 0.6 is 0 Å². The van der Waals surface area contributed by atoms with Crippen LogP contribution in [-0.2, 0) is 29.8 Å². The Kier molecular flexibility index (Phi) is 13.8. The summed E-state index contributed by atoms with van der Waals surface area (Å²) in [5.74, 6) is 3.41. The average molecular weight is 981 g/mol. The fourth-order valence-corrected chi connectivity index (χ4v) is 10.5. The van der Waals surface area contributed by atoms with Crippen molar-refractivity contribution in [3.63, 3.8) is 0 Å². The molecule has 2 amide bonds. The van der Waals surface area contributed by atoms with Crippen LogP contribution in [0, 0.1) is 69.2 Å². The SMILES string of the molecule is Cc1cc(C)c(N2CC(COc3c(C)cc(C(C)(C)c4cc(C)c(OCC5CO5)c(C)c4)cc3C)OC2=O)cc1N1CC(COc2c(C)cc(C(C)(C)c3cc(C)c(OCC4CO4)c(C)c3)cc2C)OC1=O. The van der Waals surface area contributed by atoms with Crippen LogP contribution in [0.15, 0.2) is 60.7 Å². The molecule has 72 heavy (non-hydrogen) atoms. The quantitative estimate of drug-likeness (QED) is 0.0785. The minimum atomic E-state index is -0.507. The molecular formula is C60H72N2O10. The lowest BCUT2D eigenvalue weighted by Gasteiger charge is -2.29. The number of aryl methyl sites for hydroxylation is 10. The van der Waals surface area contributed by atoms with Crippen LogP contribution < -0.4 is 28.7 Å². The molecule has 382 valence electrons. The molecule has 4 fully saturated rings. The summed E-state index contributed by atoms with van der Waals surface area (Å²) < 4.78 is 47.7. The van der Waals surface area contributed by atoms with Gasteiger partial charge in [-0.3, -0.25) is 9.80 Å². The number of hydrogen-bond donors (Lipinski definition) is 0. The van der Waals surface area contributed by atoms with E-state index in [0.717, 1.165) is 91.8 Å². The van der Waals surface area contributed by atoms with Crippen molar-refractivity contribution >= 4 is 23.6 Å². The topological polar surface area (TPSA) is 121 Å². The van der Waals surface area contributed by atoms with Gasteiger partial charge in [0, 0.05) is 10.8 Å². The molecule has 9 rings (SSSR count). The standard InChI is InChI=1S/C60H72N2O10/c1-33-15-34(2)52(62-26-48(72-58(62)64)28-68-54-37(5)18-44(19-38(54)6)60(13,14)46-22-41(9)56(42(10)23-46)70-32-50-30-66-50)24-51(33)61-25-47(71-57(61)63)27-67-53-35(3)16-43(17-36(53)4)59(11,12)45-20-39(7)55(40(8)21-45)69-31-49-29-65-49/h15-24,47-50H,25-32H2,1-14H3. The van der Waals surface area contributed by atoms with Crippen LogP contribution in [-0.4, -0.2) is 89.3 Å². The zero-order chi connectivity index (χ0) is 51.6. The van der Waals surface area contributed by atoms with E-state index in [0.29, 0.717) is 37.7 Å². The molecule has 0 aromatic heterocycles. The van der Waals surface area contributed by atoms with E-state index in [9.17, 15) is 9.59 Å². The third kappa shape index (κ3) is 10.4. The second kappa shape index (κ2) is 19.6. The molecule has 4 aliphatic heterocycles. The van der Waals surface area contributed by atoms with E-state index in [4.69, 9.17) is 37.9 Å². The molecule has 4 aliphatic rings. The Morgan fingerprint density at radius 1 is 0.403 bits per heavy atom. The second-order valence-corrected chi connectivity index (χ2v) is 21.8. The Balaban J connectivity index is 0.824. The summed E-state index contributed by atoms with van der Waals surface area (Å²) in [5, 5.41) is 0. The third-order valence-electron chi connectivity index (χ3n) is 15.0. The molecule has 4 atom stereocenters. The van der Waals surface area contributed by atoms with Crippen LogP contribution in [0.3, 0.4) is 0 Å². The van der Waals surface area contributed by atoms with Gasteiger partial charge in [0.15, 0.2) is 12.2 Å². The fourth-order valence-electron chi connectivity index (χ4n) is 10.5. The van der Waals surface area contributed by atoms with E-state index in [1.807, 2.05) is 26.0 Å². The van der Waals surface area contributed by atoms with Crippen molar-refractivity contribution in [2.75, 3.05) is 62.5 Å². The zero-order valence-corrected chi connectivity index (χ0v) is 44.7. The van der Waals surface area contributed by atoms with E-state index in [1.165, 1.54) is 22.3 Å². The first-order valence-corrected chi connectivity index (χ1v) is 25.4. The highest BCUT2D eigenvalue weighted by atomic mass is 16.6. The summed E-state index contributed by atoms with van der Waals surface area (Å²) >= 11 is 0. The number of anilines is 2. The van der Waals surface area contributed by atoms with Gasteiger partial charge in [0.05, 0.1) is 37.7 Å². The van der Waals surface area contributed by atoms with Crippen molar-refractivity contribution in [2.45, 2.75) is 132 Å². The molecule has 12 heteroatoms. The average Bonchev–Trinajstić information content (AvgIpc) is 4.25. The maximum atomic E-state index is 13.6. The number of epoxide rings is 2. The number of ether oxygens (including phenoxy) is 8. The van der Waals surface area contributed by atoms with Gasteiger partial charge >= 0.3 is 12.2 Å². The Hall–Kier alpha value is -6.24. The molecule has 0 saturated carbocycles. The van der Waals surface area contributed by atoms with Crippen molar-refractivity contribution in [2.24, 2.45) is 0 Å². The first-order chi connectivity index (χ1) is 34.1. The molecule has 5 aromatic rings. The molecule has 12 nitrogen and oxygen atoms in total. The first-order valence-electron chi connectivity index (χ1n) is 25.4. The molecule has 0 spiro atoms. The van der Waals surface area contributed by atoms with Gasteiger partial charge in [-0.15, -0.1) is 0 Å².